The maximum Gasteiger partial charge on any atom is 0.124 e. The number of anilines is 1. The third-order valence-corrected chi connectivity index (χ3v) is 2.48. The van der Waals surface area contributed by atoms with Gasteiger partial charge in [0.15, 0.2) is 0 Å². The molecule has 0 aliphatic heterocycles. The largest absolute Gasteiger partial charge is 0.384 e. The van der Waals surface area contributed by atoms with E-state index >= 15 is 0 Å². The molecule has 0 radical (unpaired) electrons. The quantitative estimate of drug-likeness (QED) is 0.787. The number of hydrogen-bond acceptors (Lipinski definition) is 2. The second-order valence-corrected chi connectivity index (χ2v) is 3.51. The van der Waals surface area contributed by atoms with Crippen molar-refractivity contribution in [3.05, 3.63) is 48.0 Å². The van der Waals surface area contributed by atoms with Gasteiger partial charge in [0.1, 0.15) is 5.82 Å². The minimum atomic E-state index is 0.442. The highest BCUT2D eigenvalue weighted by molar-refractivity contribution is 6.17. The van der Waals surface area contributed by atoms with Crippen LogP contribution in [-0.2, 0) is 5.88 Å². The van der Waals surface area contributed by atoms with Crippen LogP contribution >= 0.6 is 11.6 Å². The summed E-state index contributed by atoms with van der Waals surface area (Å²) in [5.41, 5.74) is 8.57. The van der Waals surface area contributed by atoms with Crippen molar-refractivity contribution >= 4 is 17.4 Å². The second-order valence-electron chi connectivity index (χ2n) is 3.24. The molecule has 3 heteroatoms. The van der Waals surface area contributed by atoms with Gasteiger partial charge in [0.2, 0.25) is 0 Å². The van der Waals surface area contributed by atoms with Gasteiger partial charge >= 0.3 is 0 Å². The van der Waals surface area contributed by atoms with Crippen LogP contribution in [0, 0.1) is 0 Å². The van der Waals surface area contributed by atoms with Gasteiger partial charge in [0.25, 0.3) is 0 Å². The highest BCUT2D eigenvalue weighted by atomic mass is 35.5. The summed E-state index contributed by atoms with van der Waals surface area (Å²) < 4.78 is 0. The molecule has 0 aliphatic carbocycles. The topological polar surface area (TPSA) is 38.9 Å². The van der Waals surface area contributed by atoms with E-state index < -0.39 is 0 Å². The first-order valence-electron chi connectivity index (χ1n) is 4.68. The number of halogens is 1. The van der Waals surface area contributed by atoms with Gasteiger partial charge in [-0.25, -0.2) is 4.98 Å². The van der Waals surface area contributed by atoms with Gasteiger partial charge < -0.3 is 5.73 Å². The molecule has 15 heavy (non-hydrogen) atoms. The van der Waals surface area contributed by atoms with Crippen LogP contribution in [0.25, 0.3) is 11.3 Å². The van der Waals surface area contributed by atoms with Crippen LogP contribution in [0.5, 0.6) is 0 Å². The molecule has 0 amide bonds. The van der Waals surface area contributed by atoms with Gasteiger partial charge in [-0.15, -0.1) is 11.6 Å². The molecule has 1 aromatic carbocycles. The zero-order valence-corrected chi connectivity index (χ0v) is 8.91. The lowest BCUT2D eigenvalue weighted by molar-refractivity contribution is 1.26. The Bertz CT molecular complexity index is 454. The lowest BCUT2D eigenvalue weighted by atomic mass is 10.1. The Balaban J connectivity index is 2.56. The highest BCUT2D eigenvalue weighted by Crippen LogP contribution is 2.23. The molecule has 0 fully saturated rings. The first-order valence-corrected chi connectivity index (χ1v) is 5.21. The number of pyridine rings is 1. The predicted molar refractivity (Wildman–Crippen MR) is 63.6 cm³/mol. The lowest BCUT2D eigenvalue weighted by Crippen LogP contribution is -1.95. The maximum absolute atomic E-state index is 5.85. The summed E-state index contributed by atoms with van der Waals surface area (Å²) in [6, 6.07) is 13.6. The molecule has 0 aliphatic rings. The third-order valence-electron chi connectivity index (χ3n) is 2.19. The van der Waals surface area contributed by atoms with Crippen molar-refractivity contribution in [3.8, 4) is 11.3 Å². The predicted octanol–water partition coefficient (Wildman–Crippen LogP) is 3.07. The fourth-order valence-electron chi connectivity index (χ4n) is 1.46. The minimum absolute atomic E-state index is 0.442. The molecule has 0 atom stereocenters. The van der Waals surface area contributed by atoms with Crippen LogP contribution in [0.1, 0.15) is 5.56 Å². The Morgan fingerprint density at radius 1 is 1.07 bits per heavy atom. The van der Waals surface area contributed by atoms with Crippen molar-refractivity contribution in [2.24, 2.45) is 0 Å². The van der Waals surface area contributed by atoms with Crippen LogP contribution in [-0.4, -0.2) is 4.98 Å². The molecule has 1 aromatic heterocycles. The highest BCUT2D eigenvalue weighted by Gasteiger charge is 2.05. The van der Waals surface area contributed by atoms with Crippen LogP contribution in [0.3, 0.4) is 0 Å². The summed E-state index contributed by atoms with van der Waals surface area (Å²) in [6.07, 6.45) is 0. The van der Waals surface area contributed by atoms with E-state index in [0.29, 0.717) is 11.7 Å². The summed E-state index contributed by atoms with van der Waals surface area (Å²) in [7, 11) is 0. The molecule has 76 valence electrons. The van der Waals surface area contributed by atoms with E-state index in [9.17, 15) is 0 Å². The van der Waals surface area contributed by atoms with Crippen molar-refractivity contribution in [1.29, 1.82) is 0 Å². The van der Waals surface area contributed by atoms with E-state index in [0.717, 1.165) is 16.8 Å². The summed E-state index contributed by atoms with van der Waals surface area (Å²) in [6.45, 7) is 0. The van der Waals surface area contributed by atoms with Crippen LogP contribution < -0.4 is 5.73 Å². The number of alkyl halides is 1. The maximum atomic E-state index is 5.85. The van der Waals surface area contributed by atoms with Gasteiger partial charge in [-0.1, -0.05) is 36.4 Å². The molecule has 2 nitrogen and oxygen atoms in total. The molecule has 0 unspecified atom stereocenters. The van der Waals surface area contributed by atoms with Crippen molar-refractivity contribution in [3.63, 3.8) is 0 Å². The van der Waals surface area contributed by atoms with Crippen LogP contribution in [0.2, 0.25) is 0 Å². The number of hydrogen-bond donors (Lipinski definition) is 1. The minimum Gasteiger partial charge on any atom is -0.384 e. The Morgan fingerprint density at radius 2 is 1.80 bits per heavy atom. The number of nitrogen functional groups attached to an aromatic ring is 1. The normalized spacial score (nSPS) is 10.2. The summed E-state index contributed by atoms with van der Waals surface area (Å²) in [5.74, 6) is 0.958. The van der Waals surface area contributed by atoms with Crippen LogP contribution in [0.4, 0.5) is 5.82 Å². The fourth-order valence-corrected chi connectivity index (χ4v) is 1.67. The number of nitrogens with two attached hydrogens (primary N) is 1. The molecular weight excluding hydrogens is 208 g/mol. The van der Waals surface area contributed by atoms with Crippen molar-refractivity contribution < 1.29 is 0 Å². The first-order chi connectivity index (χ1) is 7.31. The van der Waals surface area contributed by atoms with E-state index in [2.05, 4.69) is 4.98 Å². The fraction of sp³-hybridized carbons (Fsp3) is 0.0833. The van der Waals surface area contributed by atoms with Crippen molar-refractivity contribution in [1.82, 2.24) is 4.98 Å². The Morgan fingerprint density at radius 3 is 2.47 bits per heavy atom. The third kappa shape index (κ3) is 2.10. The van der Waals surface area contributed by atoms with Gasteiger partial charge in [0.05, 0.1) is 5.69 Å². The Labute approximate surface area is 93.7 Å². The Kier molecular flexibility index (Phi) is 2.88. The number of rotatable bonds is 2. The van der Waals surface area contributed by atoms with Gasteiger partial charge in [-0.3, -0.25) is 0 Å². The van der Waals surface area contributed by atoms with E-state index in [1.165, 1.54) is 0 Å². The molecule has 1 heterocycles. The number of nitrogens with zero attached hydrogens (tertiary/aromatic N) is 1. The SMILES string of the molecule is Nc1ccc(CCl)c(-c2ccccc2)n1. The number of benzene rings is 1. The molecule has 2 rings (SSSR count). The monoisotopic (exact) mass is 218 g/mol. The molecule has 2 aromatic rings. The van der Waals surface area contributed by atoms with Crippen LogP contribution in [0.15, 0.2) is 42.5 Å². The van der Waals surface area contributed by atoms with Crippen molar-refractivity contribution in [2.45, 2.75) is 5.88 Å². The second kappa shape index (κ2) is 4.32. The molecule has 2 N–H and O–H groups in total. The van der Waals surface area contributed by atoms with E-state index in [4.69, 9.17) is 17.3 Å². The molecule has 0 saturated carbocycles. The summed E-state index contributed by atoms with van der Waals surface area (Å²) in [5, 5.41) is 0. The average Bonchev–Trinajstić information content (AvgIpc) is 2.30. The molecule has 0 bridgehead atoms. The van der Waals surface area contributed by atoms with Crippen molar-refractivity contribution in [2.75, 3.05) is 5.73 Å². The zero-order valence-electron chi connectivity index (χ0n) is 8.15. The average molecular weight is 219 g/mol. The van der Waals surface area contributed by atoms with Gasteiger partial charge in [0, 0.05) is 11.4 Å². The standard InChI is InChI=1S/C12H11ClN2/c13-8-10-6-7-11(14)15-12(10)9-4-2-1-3-5-9/h1-7H,8H2,(H2,14,15). The summed E-state index contributed by atoms with van der Waals surface area (Å²) >= 11 is 5.85. The first kappa shape index (κ1) is 9.99. The Hall–Kier alpha value is -1.54. The van der Waals surface area contributed by atoms with Gasteiger partial charge in [-0.2, -0.15) is 0 Å². The number of aromatic nitrogens is 1. The van der Waals surface area contributed by atoms with E-state index in [-0.39, 0.29) is 0 Å². The zero-order chi connectivity index (χ0) is 10.7. The lowest BCUT2D eigenvalue weighted by Gasteiger charge is -2.06. The summed E-state index contributed by atoms with van der Waals surface area (Å²) in [4.78, 5) is 4.31. The van der Waals surface area contributed by atoms with Gasteiger partial charge in [-0.05, 0) is 11.6 Å². The smallest absolute Gasteiger partial charge is 0.124 e. The molecule has 0 spiro atoms. The molecule has 0 saturated heterocycles. The van der Waals surface area contributed by atoms with E-state index in [1.807, 2.05) is 36.4 Å². The molecular formula is C12H11ClN2. The van der Waals surface area contributed by atoms with E-state index in [1.54, 1.807) is 6.07 Å².